The Morgan fingerprint density at radius 2 is 1.23 bits per heavy atom. The van der Waals surface area contributed by atoms with E-state index in [2.05, 4.69) is 215 Å². The largest absolute Gasteiger partial charge is 0.315 e. The summed E-state index contributed by atoms with van der Waals surface area (Å²) in [5.41, 5.74) is 21.8. The molecule has 1 aliphatic carbocycles. The van der Waals surface area contributed by atoms with Crippen molar-refractivity contribution in [3.8, 4) is 5.69 Å². The fourth-order valence-electron chi connectivity index (χ4n) is 10.9. The van der Waals surface area contributed by atoms with Crippen LogP contribution in [0.15, 0.2) is 163 Å². The molecule has 12 rings (SSSR count). The highest BCUT2D eigenvalue weighted by molar-refractivity contribution is 7.00. The van der Waals surface area contributed by atoms with Gasteiger partial charge in [0.15, 0.2) is 0 Å². The zero-order valence-electron chi connectivity index (χ0n) is 36.8. The van der Waals surface area contributed by atoms with E-state index in [1.54, 1.807) is 0 Å². The number of hydrogen-bond donors (Lipinski definition) is 0. The number of benzene rings is 8. The van der Waals surface area contributed by atoms with Crippen molar-refractivity contribution in [3.05, 3.63) is 185 Å². The van der Waals surface area contributed by atoms with Crippen LogP contribution in [0.5, 0.6) is 0 Å². The number of aromatic nitrogens is 1. The molecule has 0 saturated heterocycles. The van der Waals surface area contributed by atoms with Crippen LogP contribution in [0.3, 0.4) is 0 Å². The van der Waals surface area contributed by atoms with Gasteiger partial charge in [-0.15, -0.1) is 0 Å². The number of fused-ring (bicyclic) bond motifs is 11. The molecule has 0 N–H and O–H groups in total. The highest BCUT2D eigenvalue weighted by atomic mass is 15.2. The summed E-state index contributed by atoms with van der Waals surface area (Å²) in [6, 6.07) is 53.8. The Labute approximate surface area is 365 Å². The molecule has 3 nitrogen and oxygen atoms in total. The fourth-order valence-corrected chi connectivity index (χ4v) is 10.9. The van der Waals surface area contributed by atoms with Crippen LogP contribution in [0, 0.1) is 20.8 Å². The normalized spacial score (nSPS) is 14.4. The molecular weight excluding hydrogens is 749 g/mol. The van der Waals surface area contributed by atoms with E-state index in [9.17, 15) is 0 Å². The van der Waals surface area contributed by atoms with Gasteiger partial charge in [-0.2, -0.15) is 0 Å². The van der Waals surface area contributed by atoms with Crippen LogP contribution in [0.25, 0.3) is 49.0 Å². The molecular formula is C58H50BN3. The van der Waals surface area contributed by atoms with Crippen molar-refractivity contribution in [2.75, 3.05) is 9.80 Å². The molecule has 0 bridgehead atoms. The number of allylic oxidation sites excluding steroid dienone is 4. The summed E-state index contributed by atoms with van der Waals surface area (Å²) in [7, 11) is 0. The van der Waals surface area contributed by atoms with Gasteiger partial charge < -0.3 is 14.4 Å². The molecule has 0 atom stereocenters. The second-order valence-corrected chi connectivity index (χ2v) is 19.3. The lowest BCUT2D eigenvalue weighted by Crippen LogP contribution is -2.61. The maximum Gasteiger partial charge on any atom is 0.252 e. The quantitative estimate of drug-likeness (QED) is 0.130. The topological polar surface area (TPSA) is 11.4 Å². The van der Waals surface area contributed by atoms with E-state index < -0.39 is 0 Å². The van der Waals surface area contributed by atoms with Crippen LogP contribution in [0.4, 0.5) is 28.4 Å². The van der Waals surface area contributed by atoms with Crippen molar-refractivity contribution in [3.63, 3.8) is 0 Å². The van der Waals surface area contributed by atoms with Gasteiger partial charge in [0.2, 0.25) is 0 Å². The second kappa shape index (κ2) is 13.4. The molecule has 0 amide bonds. The third kappa shape index (κ3) is 5.45. The van der Waals surface area contributed by atoms with Crippen LogP contribution >= 0.6 is 0 Å². The molecule has 0 spiro atoms. The minimum atomic E-state index is -0.0267. The summed E-state index contributed by atoms with van der Waals surface area (Å²) in [5.74, 6) is 0. The zero-order valence-corrected chi connectivity index (χ0v) is 36.8. The van der Waals surface area contributed by atoms with Crippen LogP contribution in [-0.4, -0.2) is 11.3 Å². The molecule has 0 fully saturated rings. The highest BCUT2D eigenvalue weighted by Crippen LogP contribution is 2.48. The van der Waals surface area contributed by atoms with Gasteiger partial charge in [0.1, 0.15) is 0 Å². The predicted octanol–water partition coefficient (Wildman–Crippen LogP) is 13.7. The molecule has 1 aromatic heterocycles. The van der Waals surface area contributed by atoms with Crippen LogP contribution in [-0.2, 0) is 5.41 Å². The van der Waals surface area contributed by atoms with Gasteiger partial charge in [0.25, 0.3) is 6.71 Å². The van der Waals surface area contributed by atoms with E-state index in [4.69, 9.17) is 0 Å². The van der Waals surface area contributed by atoms with Crippen molar-refractivity contribution in [1.82, 2.24) is 4.57 Å². The molecule has 0 radical (unpaired) electrons. The number of rotatable bonds is 4. The number of nitrogens with zero attached hydrogens (tertiary/aromatic N) is 3. The predicted molar refractivity (Wildman–Crippen MR) is 268 cm³/mol. The SMILES string of the molecule is CC1=CC=C(N2c3ccc(C)cc3B3c4c2cc(N(c2ccc(C)cc2)c2ccc(C)cc2)cc4-n2c4cc(C(C)(C)C)ccc4c4c5c(ccc6ccccc65)cc3c42)CC1. The molecule has 0 unspecified atom stereocenters. The first-order valence-corrected chi connectivity index (χ1v) is 22.3. The third-order valence-electron chi connectivity index (χ3n) is 14.0. The summed E-state index contributed by atoms with van der Waals surface area (Å²) in [4.78, 5) is 5.10. The smallest absolute Gasteiger partial charge is 0.252 e. The van der Waals surface area contributed by atoms with Crippen molar-refractivity contribution in [2.45, 2.75) is 66.7 Å². The first kappa shape index (κ1) is 37.0. The van der Waals surface area contributed by atoms with E-state index in [0.717, 1.165) is 29.9 Å². The van der Waals surface area contributed by atoms with Gasteiger partial charge in [-0.25, -0.2) is 0 Å². The van der Waals surface area contributed by atoms with Gasteiger partial charge in [0, 0.05) is 44.9 Å². The Kier molecular flexibility index (Phi) is 7.98. The summed E-state index contributed by atoms with van der Waals surface area (Å²) in [5, 5.41) is 7.87. The van der Waals surface area contributed by atoms with Gasteiger partial charge in [-0.1, -0.05) is 140 Å². The molecule has 2 aliphatic heterocycles. The van der Waals surface area contributed by atoms with Gasteiger partial charge in [-0.05, 0) is 144 Å². The average Bonchev–Trinajstić information content (AvgIpc) is 3.61. The monoisotopic (exact) mass is 799 g/mol. The first-order valence-electron chi connectivity index (χ1n) is 22.3. The van der Waals surface area contributed by atoms with E-state index in [1.165, 1.54) is 110 Å². The fraction of sp³-hybridized carbons (Fsp3) is 0.172. The van der Waals surface area contributed by atoms with E-state index in [1.807, 2.05) is 0 Å². The Morgan fingerprint density at radius 3 is 1.94 bits per heavy atom. The molecule has 3 heterocycles. The zero-order chi connectivity index (χ0) is 42.2. The van der Waals surface area contributed by atoms with Crippen LogP contribution < -0.4 is 26.2 Å². The van der Waals surface area contributed by atoms with E-state index >= 15 is 0 Å². The summed E-state index contributed by atoms with van der Waals surface area (Å²) < 4.78 is 2.68. The molecule has 4 heteroatoms. The Bertz CT molecular complexity index is 3380. The molecule has 62 heavy (non-hydrogen) atoms. The first-order chi connectivity index (χ1) is 30.0. The lowest BCUT2D eigenvalue weighted by molar-refractivity contribution is 0.591. The van der Waals surface area contributed by atoms with E-state index in [0.29, 0.717) is 0 Å². The lowest BCUT2D eigenvalue weighted by atomic mass is 9.33. The summed E-state index contributed by atoms with van der Waals surface area (Å²) in [6.07, 6.45) is 6.75. The molecule has 9 aromatic rings. The van der Waals surface area contributed by atoms with Crippen LogP contribution in [0.1, 0.15) is 62.8 Å². The second-order valence-electron chi connectivity index (χ2n) is 19.3. The number of aryl methyl sites for hydroxylation is 3. The Balaban J connectivity index is 1.29. The average molecular weight is 800 g/mol. The van der Waals surface area contributed by atoms with Crippen molar-refractivity contribution >= 4 is 94.9 Å². The standard InChI is InChI=1S/C58H50BN3/c1-35-12-22-42(23-13-35)60(43-24-14-36(2)15-25-43)45-33-52-56-53(34-45)62-51-32-41(58(5,6)7)21-28-47(51)55-54-40(20-19-39-10-8-9-11-46(39)54)31-49(57(55)62)59(56)48-30-38(4)18-29-50(48)61(52)44-26-16-37(3)17-27-44/h8-16,18-26,28-34H,17,27H2,1-7H3. The number of hydrogen-bond acceptors (Lipinski definition) is 2. The lowest BCUT2D eigenvalue weighted by Gasteiger charge is -2.43. The third-order valence-corrected chi connectivity index (χ3v) is 14.0. The van der Waals surface area contributed by atoms with Gasteiger partial charge in [0.05, 0.1) is 16.7 Å². The summed E-state index contributed by atoms with van der Waals surface area (Å²) >= 11 is 0. The Morgan fingerprint density at radius 1 is 0.532 bits per heavy atom. The molecule has 0 saturated carbocycles. The highest BCUT2D eigenvalue weighted by Gasteiger charge is 2.44. The van der Waals surface area contributed by atoms with Crippen molar-refractivity contribution in [1.29, 1.82) is 0 Å². The Hall–Kier alpha value is -6.78. The van der Waals surface area contributed by atoms with Crippen molar-refractivity contribution < 1.29 is 0 Å². The summed E-state index contributed by atoms with van der Waals surface area (Å²) in [6.45, 7) is 15.9. The van der Waals surface area contributed by atoms with Gasteiger partial charge in [-0.3, -0.25) is 0 Å². The molecule has 8 aromatic carbocycles. The maximum atomic E-state index is 2.68. The minimum Gasteiger partial charge on any atom is -0.315 e. The molecule has 300 valence electrons. The molecule has 3 aliphatic rings. The van der Waals surface area contributed by atoms with Gasteiger partial charge >= 0.3 is 0 Å². The van der Waals surface area contributed by atoms with E-state index in [-0.39, 0.29) is 12.1 Å². The number of anilines is 5. The maximum absolute atomic E-state index is 2.68. The minimum absolute atomic E-state index is 0.0267. The van der Waals surface area contributed by atoms with Crippen LogP contribution in [0.2, 0.25) is 0 Å². The van der Waals surface area contributed by atoms with Crippen molar-refractivity contribution in [2.24, 2.45) is 0 Å².